The minimum absolute atomic E-state index is 0.663. The molecule has 1 heterocycles. The highest BCUT2D eigenvalue weighted by Gasteiger charge is 2.07. The first kappa shape index (κ1) is 16.8. The van der Waals surface area contributed by atoms with Crippen LogP contribution < -0.4 is 14.9 Å². The molecule has 27 heavy (non-hydrogen) atoms. The summed E-state index contributed by atoms with van der Waals surface area (Å²) in [5.41, 5.74) is 4.90. The fourth-order valence-electron chi connectivity index (χ4n) is 3.09. The zero-order valence-corrected chi connectivity index (χ0v) is 15.1. The number of aromatic nitrogens is 1. The van der Waals surface area contributed by atoms with Crippen LogP contribution in [0, 0.1) is 0 Å². The van der Waals surface area contributed by atoms with Gasteiger partial charge in [0.15, 0.2) is 17.3 Å². The summed E-state index contributed by atoms with van der Waals surface area (Å²) in [7, 11) is 3.23. The molecule has 3 aromatic carbocycles. The highest BCUT2D eigenvalue weighted by Crippen LogP contribution is 2.29. The lowest BCUT2D eigenvalue weighted by Gasteiger charge is -2.09. The van der Waals surface area contributed by atoms with Gasteiger partial charge in [-0.1, -0.05) is 42.5 Å². The molecule has 0 aliphatic carbocycles. The third kappa shape index (κ3) is 3.27. The number of methoxy groups -OCH3 is 2. The van der Waals surface area contributed by atoms with Crippen molar-refractivity contribution in [3.63, 3.8) is 0 Å². The Balaban J connectivity index is 1.68. The van der Waals surface area contributed by atoms with Crippen LogP contribution in [-0.4, -0.2) is 25.4 Å². The number of nitrogens with one attached hydrogen (secondary N) is 1. The predicted octanol–water partition coefficient (Wildman–Crippen LogP) is 4.85. The van der Waals surface area contributed by atoms with E-state index in [1.165, 1.54) is 0 Å². The second-order valence-corrected chi connectivity index (χ2v) is 6.01. The van der Waals surface area contributed by atoms with Gasteiger partial charge in [0.1, 0.15) is 0 Å². The Morgan fingerprint density at radius 3 is 2.30 bits per heavy atom. The molecular weight excluding hydrogens is 338 g/mol. The number of fused-ring (bicyclic) bond motifs is 3. The van der Waals surface area contributed by atoms with Crippen LogP contribution in [-0.2, 0) is 0 Å². The molecule has 0 amide bonds. The Morgan fingerprint density at radius 1 is 0.815 bits per heavy atom. The van der Waals surface area contributed by atoms with E-state index in [4.69, 9.17) is 14.5 Å². The van der Waals surface area contributed by atoms with Gasteiger partial charge in [-0.15, -0.1) is 0 Å². The molecule has 134 valence electrons. The van der Waals surface area contributed by atoms with E-state index in [2.05, 4.69) is 22.7 Å². The number of pyridine rings is 1. The SMILES string of the molecule is COc1ccc(/C=N\Nc2nc3ccccc3c3ccccc23)cc1OC. The maximum Gasteiger partial charge on any atom is 0.161 e. The average Bonchev–Trinajstić information content (AvgIpc) is 2.73. The summed E-state index contributed by atoms with van der Waals surface area (Å²) >= 11 is 0. The Hall–Kier alpha value is -3.60. The summed E-state index contributed by atoms with van der Waals surface area (Å²) in [5, 5.41) is 7.67. The highest BCUT2D eigenvalue weighted by molar-refractivity contribution is 6.10. The van der Waals surface area contributed by atoms with E-state index in [9.17, 15) is 0 Å². The topological polar surface area (TPSA) is 55.7 Å². The van der Waals surface area contributed by atoms with Crippen LogP contribution in [0.1, 0.15) is 5.56 Å². The summed E-state index contributed by atoms with van der Waals surface area (Å²) in [6.07, 6.45) is 1.73. The normalized spacial score (nSPS) is 11.2. The second kappa shape index (κ2) is 7.33. The van der Waals surface area contributed by atoms with Gasteiger partial charge in [-0.2, -0.15) is 5.10 Å². The van der Waals surface area contributed by atoms with E-state index in [0.29, 0.717) is 11.5 Å². The highest BCUT2D eigenvalue weighted by atomic mass is 16.5. The minimum Gasteiger partial charge on any atom is -0.493 e. The lowest BCUT2D eigenvalue weighted by atomic mass is 10.1. The largest absolute Gasteiger partial charge is 0.493 e. The summed E-state index contributed by atoms with van der Waals surface area (Å²) < 4.78 is 10.6. The van der Waals surface area contributed by atoms with Crippen molar-refractivity contribution in [2.75, 3.05) is 19.6 Å². The molecule has 5 heteroatoms. The van der Waals surface area contributed by atoms with Crippen molar-refractivity contribution < 1.29 is 9.47 Å². The average molecular weight is 357 g/mol. The molecule has 0 spiro atoms. The molecule has 0 fully saturated rings. The van der Waals surface area contributed by atoms with Crippen molar-refractivity contribution in [3.8, 4) is 11.5 Å². The molecule has 0 saturated carbocycles. The van der Waals surface area contributed by atoms with E-state index in [1.807, 2.05) is 54.6 Å². The minimum atomic E-state index is 0.663. The number of anilines is 1. The maximum atomic E-state index is 5.33. The van der Waals surface area contributed by atoms with Crippen LogP contribution in [0.3, 0.4) is 0 Å². The van der Waals surface area contributed by atoms with Crippen molar-refractivity contribution in [3.05, 3.63) is 72.3 Å². The second-order valence-electron chi connectivity index (χ2n) is 6.01. The zero-order valence-electron chi connectivity index (χ0n) is 15.1. The Bertz CT molecular complexity index is 1140. The monoisotopic (exact) mass is 357 g/mol. The Labute approximate surface area is 157 Å². The third-order valence-corrected chi connectivity index (χ3v) is 4.40. The molecule has 0 unspecified atom stereocenters. The molecule has 0 saturated heterocycles. The van der Waals surface area contributed by atoms with Gasteiger partial charge in [0.05, 0.1) is 26.0 Å². The van der Waals surface area contributed by atoms with Crippen molar-refractivity contribution >= 4 is 33.7 Å². The summed E-state index contributed by atoms with van der Waals surface area (Å²) in [6.45, 7) is 0. The zero-order chi connectivity index (χ0) is 18.6. The van der Waals surface area contributed by atoms with Crippen LogP contribution in [0.25, 0.3) is 21.7 Å². The van der Waals surface area contributed by atoms with Crippen molar-refractivity contribution in [2.24, 2.45) is 5.10 Å². The van der Waals surface area contributed by atoms with Crippen LogP contribution in [0.5, 0.6) is 11.5 Å². The van der Waals surface area contributed by atoms with Gasteiger partial charge in [0, 0.05) is 10.8 Å². The molecular formula is C22H19N3O2. The first-order chi connectivity index (χ1) is 13.3. The van der Waals surface area contributed by atoms with E-state index >= 15 is 0 Å². The number of hydrogen-bond acceptors (Lipinski definition) is 5. The van der Waals surface area contributed by atoms with Crippen LogP contribution in [0.15, 0.2) is 71.8 Å². The van der Waals surface area contributed by atoms with Gasteiger partial charge in [0.2, 0.25) is 0 Å². The quantitative estimate of drug-likeness (QED) is 0.315. The molecule has 0 radical (unpaired) electrons. The van der Waals surface area contributed by atoms with Gasteiger partial charge in [-0.25, -0.2) is 4.98 Å². The molecule has 0 atom stereocenters. The van der Waals surface area contributed by atoms with E-state index in [0.717, 1.165) is 33.1 Å². The number of para-hydroxylation sites is 1. The molecule has 4 rings (SSSR count). The van der Waals surface area contributed by atoms with E-state index in [1.54, 1.807) is 20.4 Å². The number of hydrogen-bond donors (Lipinski definition) is 1. The number of ether oxygens (including phenoxy) is 2. The lowest BCUT2D eigenvalue weighted by Crippen LogP contribution is -1.97. The number of benzene rings is 3. The van der Waals surface area contributed by atoms with Crippen LogP contribution in [0.2, 0.25) is 0 Å². The molecule has 1 aromatic heterocycles. The standard InChI is InChI=1S/C22H19N3O2/c1-26-20-12-11-15(13-21(20)27-2)14-23-25-22-18-9-4-3-7-16(18)17-8-5-6-10-19(17)24-22/h3-14H,1-2H3,(H,24,25)/b23-14-. The van der Waals surface area contributed by atoms with Crippen LogP contribution in [0.4, 0.5) is 5.82 Å². The van der Waals surface area contributed by atoms with Crippen LogP contribution >= 0.6 is 0 Å². The molecule has 1 N–H and O–H groups in total. The van der Waals surface area contributed by atoms with Crippen molar-refractivity contribution in [2.45, 2.75) is 0 Å². The Kier molecular flexibility index (Phi) is 4.58. The van der Waals surface area contributed by atoms with Crippen molar-refractivity contribution in [1.29, 1.82) is 0 Å². The fraction of sp³-hybridized carbons (Fsp3) is 0.0909. The first-order valence-corrected chi connectivity index (χ1v) is 8.59. The number of hydrazone groups is 1. The van der Waals surface area contributed by atoms with E-state index in [-0.39, 0.29) is 0 Å². The fourth-order valence-corrected chi connectivity index (χ4v) is 3.09. The van der Waals surface area contributed by atoms with Gasteiger partial charge in [0.25, 0.3) is 0 Å². The maximum absolute atomic E-state index is 5.33. The van der Waals surface area contributed by atoms with Gasteiger partial charge in [-0.3, -0.25) is 5.43 Å². The smallest absolute Gasteiger partial charge is 0.161 e. The molecule has 5 nitrogen and oxygen atoms in total. The summed E-state index contributed by atoms with van der Waals surface area (Å²) in [5.74, 6) is 2.07. The third-order valence-electron chi connectivity index (χ3n) is 4.40. The summed E-state index contributed by atoms with van der Waals surface area (Å²) in [6, 6.07) is 21.9. The van der Waals surface area contributed by atoms with Crippen molar-refractivity contribution in [1.82, 2.24) is 4.98 Å². The summed E-state index contributed by atoms with van der Waals surface area (Å²) in [4.78, 5) is 4.73. The Morgan fingerprint density at radius 2 is 1.52 bits per heavy atom. The first-order valence-electron chi connectivity index (χ1n) is 8.59. The predicted molar refractivity (Wildman–Crippen MR) is 110 cm³/mol. The van der Waals surface area contributed by atoms with Gasteiger partial charge >= 0.3 is 0 Å². The molecule has 0 bridgehead atoms. The van der Waals surface area contributed by atoms with Gasteiger partial charge in [-0.05, 0) is 35.2 Å². The van der Waals surface area contributed by atoms with E-state index < -0.39 is 0 Å². The molecule has 0 aliphatic heterocycles. The lowest BCUT2D eigenvalue weighted by molar-refractivity contribution is 0.355. The molecule has 0 aliphatic rings. The number of rotatable bonds is 5. The molecule has 4 aromatic rings. The number of nitrogens with zero attached hydrogens (tertiary/aromatic N) is 2. The van der Waals surface area contributed by atoms with Gasteiger partial charge < -0.3 is 9.47 Å².